The summed E-state index contributed by atoms with van der Waals surface area (Å²) < 4.78 is 10.8. The number of rotatable bonds is 10. The van der Waals surface area contributed by atoms with Crippen molar-refractivity contribution in [1.29, 1.82) is 0 Å². The summed E-state index contributed by atoms with van der Waals surface area (Å²) in [5, 5.41) is 6.74. The average Bonchev–Trinajstić information content (AvgIpc) is 3.11. The van der Waals surface area contributed by atoms with Crippen LogP contribution in [0, 0.1) is 5.92 Å². The number of ether oxygens (including phenoxy) is 1. The SMILES string of the molecule is CCNC(=NCCCOCc1ccco1)NCCN1CCCC(C)C1. The van der Waals surface area contributed by atoms with Gasteiger partial charge in [-0.25, -0.2) is 0 Å². The lowest BCUT2D eigenvalue weighted by Gasteiger charge is -2.30. The Kier molecular flexibility index (Phi) is 9.44. The molecule has 1 aliphatic heterocycles. The summed E-state index contributed by atoms with van der Waals surface area (Å²) in [4.78, 5) is 7.17. The van der Waals surface area contributed by atoms with Crippen LogP contribution in [0.15, 0.2) is 27.8 Å². The van der Waals surface area contributed by atoms with Crippen LogP contribution in [0.2, 0.25) is 0 Å². The molecule has 1 unspecified atom stereocenters. The molecule has 2 rings (SSSR count). The number of likely N-dealkylation sites (tertiary alicyclic amines) is 1. The molecule has 0 amide bonds. The van der Waals surface area contributed by atoms with Gasteiger partial charge in [-0.05, 0) is 50.8 Å². The Hall–Kier alpha value is -1.53. The van der Waals surface area contributed by atoms with Crippen molar-refractivity contribution < 1.29 is 9.15 Å². The van der Waals surface area contributed by atoms with E-state index in [1.807, 2.05) is 12.1 Å². The Morgan fingerprint density at radius 1 is 1.44 bits per heavy atom. The Labute approximate surface area is 152 Å². The van der Waals surface area contributed by atoms with Crippen LogP contribution in [0.3, 0.4) is 0 Å². The van der Waals surface area contributed by atoms with Crippen LogP contribution >= 0.6 is 0 Å². The van der Waals surface area contributed by atoms with Crippen molar-refractivity contribution in [3.63, 3.8) is 0 Å². The predicted molar refractivity (Wildman–Crippen MR) is 102 cm³/mol. The van der Waals surface area contributed by atoms with Crippen LogP contribution < -0.4 is 10.6 Å². The largest absolute Gasteiger partial charge is 0.467 e. The highest BCUT2D eigenvalue weighted by Crippen LogP contribution is 2.14. The molecule has 2 heterocycles. The molecule has 1 aliphatic rings. The molecule has 142 valence electrons. The molecule has 1 aromatic rings. The number of nitrogens with one attached hydrogen (secondary N) is 2. The third-order valence-electron chi connectivity index (χ3n) is 4.35. The van der Waals surface area contributed by atoms with Gasteiger partial charge in [-0.1, -0.05) is 6.92 Å². The first-order chi connectivity index (χ1) is 12.3. The quantitative estimate of drug-likeness (QED) is 0.386. The number of hydrogen-bond donors (Lipinski definition) is 2. The molecule has 1 aromatic heterocycles. The molecule has 0 aliphatic carbocycles. The van der Waals surface area contributed by atoms with Gasteiger partial charge in [0.05, 0.1) is 6.26 Å². The van der Waals surface area contributed by atoms with Gasteiger partial charge in [0, 0.05) is 39.3 Å². The molecule has 0 radical (unpaired) electrons. The third-order valence-corrected chi connectivity index (χ3v) is 4.35. The van der Waals surface area contributed by atoms with E-state index in [0.717, 1.165) is 50.2 Å². The zero-order valence-corrected chi connectivity index (χ0v) is 15.8. The van der Waals surface area contributed by atoms with Crippen molar-refractivity contribution in [2.75, 3.05) is 45.9 Å². The number of furan rings is 1. The Bertz CT molecular complexity index is 476. The fourth-order valence-electron chi connectivity index (χ4n) is 3.09. The minimum Gasteiger partial charge on any atom is -0.467 e. The van der Waals surface area contributed by atoms with Crippen LogP contribution in [-0.4, -0.2) is 56.7 Å². The maximum atomic E-state index is 5.58. The van der Waals surface area contributed by atoms with Gasteiger partial charge in [0.25, 0.3) is 0 Å². The molecular weight excluding hydrogens is 316 g/mol. The van der Waals surface area contributed by atoms with Crippen LogP contribution in [0.4, 0.5) is 0 Å². The fourth-order valence-corrected chi connectivity index (χ4v) is 3.09. The second kappa shape index (κ2) is 11.9. The lowest BCUT2D eigenvalue weighted by atomic mass is 10.0. The zero-order chi connectivity index (χ0) is 17.7. The topological polar surface area (TPSA) is 62.0 Å². The molecule has 2 N–H and O–H groups in total. The maximum absolute atomic E-state index is 5.58. The average molecular weight is 351 g/mol. The van der Waals surface area contributed by atoms with Crippen LogP contribution in [0.1, 0.15) is 38.9 Å². The summed E-state index contributed by atoms with van der Waals surface area (Å²) in [7, 11) is 0. The van der Waals surface area contributed by atoms with Gasteiger partial charge >= 0.3 is 0 Å². The van der Waals surface area contributed by atoms with Gasteiger partial charge in [-0.3, -0.25) is 4.99 Å². The summed E-state index contributed by atoms with van der Waals surface area (Å²) >= 11 is 0. The molecule has 0 aromatic carbocycles. The standard InChI is InChI=1S/C19H34N4O2/c1-3-20-19(22-10-12-23-11-4-7-17(2)15-23)21-9-6-13-24-16-18-8-5-14-25-18/h5,8,14,17H,3-4,6-7,9-13,15-16H2,1-2H3,(H2,20,21,22). The van der Waals surface area contributed by atoms with Crippen LogP contribution in [-0.2, 0) is 11.3 Å². The van der Waals surface area contributed by atoms with Crippen LogP contribution in [0.5, 0.6) is 0 Å². The highest BCUT2D eigenvalue weighted by Gasteiger charge is 2.15. The molecule has 6 heteroatoms. The first-order valence-corrected chi connectivity index (χ1v) is 9.62. The van der Waals surface area contributed by atoms with Crippen molar-refractivity contribution in [3.8, 4) is 0 Å². The van der Waals surface area contributed by atoms with E-state index < -0.39 is 0 Å². The van der Waals surface area contributed by atoms with E-state index in [2.05, 4.69) is 34.4 Å². The highest BCUT2D eigenvalue weighted by molar-refractivity contribution is 5.79. The van der Waals surface area contributed by atoms with Gasteiger partial charge < -0.3 is 24.7 Å². The Balaban J connectivity index is 1.57. The predicted octanol–water partition coefficient (Wildman–Crippen LogP) is 2.47. The Morgan fingerprint density at radius 2 is 2.36 bits per heavy atom. The number of nitrogens with zero attached hydrogens (tertiary/aromatic N) is 2. The van der Waals surface area contributed by atoms with Gasteiger partial charge in [-0.2, -0.15) is 0 Å². The summed E-state index contributed by atoms with van der Waals surface area (Å²) in [6.45, 7) is 11.8. The van der Waals surface area contributed by atoms with Crippen molar-refractivity contribution in [2.45, 2.75) is 39.7 Å². The molecular formula is C19H34N4O2. The first kappa shape index (κ1) is 19.8. The fraction of sp³-hybridized carbons (Fsp3) is 0.737. The lowest BCUT2D eigenvalue weighted by Crippen LogP contribution is -2.43. The molecule has 0 bridgehead atoms. The number of hydrogen-bond acceptors (Lipinski definition) is 4. The summed E-state index contributed by atoms with van der Waals surface area (Å²) in [5.74, 6) is 2.60. The summed E-state index contributed by atoms with van der Waals surface area (Å²) in [6.07, 6.45) is 5.27. The van der Waals surface area contributed by atoms with E-state index in [4.69, 9.17) is 9.15 Å². The summed E-state index contributed by atoms with van der Waals surface area (Å²) in [5.41, 5.74) is 0. The van der Waals surface area contributed by atoms with E-state index >= 15 is 0 Å². The van der Waals surface area contributed by atoms with E-state index in [-0.39, 0.29) is 0 Å². The van der Waals surface area contributed by atoms with Crippen molar-refractivity contribution in [3.05, 3.63) is 24.2 Å². The van der Waals surface area contributed by atoms with E-state index in [9.17, 15) is 0 Å². The lowest BCUT2D eigenvalue weighted by molar-refractivity contribution is 0.105. The normalized spacial score (nSPS) is 19.1. The monoisotopic (exact) mass is 350 g/mol. The van der Waals surface area contributed by atoms with Gasteiger partial charge in [0.2, 0.25) is 0 Å². The first-order valence-electron chi connectivity index (χ1n) is 9.62. The van der Waals surface area contributed by atoms with Crippen molar-refractivity contribution >= 4 is 5.96 Å². The smallest absolute Gasteiger partial charge is 0.191 e. The van der Waals surface area contributed by atoms with E-state index in [0.29, 0.717) is 13.2 Å². The number of aliphatic imine (C=N–C) groups is 1. The minimum absolute atomic E-state index is 0.531. The molecule has 25 heavy (non-hydrogen) atoms. The van der Waals surface area contributed by atoms with Crippen molar-refractivity contribution in [2.24, 2.45) is 10.9 Å². The molecule has 0 spiro atoms. The Morgan fingerprint density at radius 3 is 3.12 bits per heavy atom. The van der Waals surface area contributed by atoms with Gasteiger partial charge in [0.1, 0.15) is 12.4 Å². The highest BCUT2D eigenvalue weighted by atomic mass is 16.5. The molecule has 6 nitrogen and oxygen atoms in total. The minimum atomic E-state index is 0.531. The zero-order valence-electron chi connectivity index (χ0n) is 15.8. The second-order valence-corrected chi connectivity index (χ2v) is 6.72. The second-order valence-electron chi connectivity index (χ2n) is 6.72. The molecule has 0 saturated carbocycles. The van der Waals surface area contributed by atoms with E-state index in [1.54, 1.807) is 6.26 Å². The number of guanidine groups is 1. The number of piperidine rings is 1. The van der Waals surface area contributed by atoms with Crippen LogP contribution in [0.25, 0.3) is 0 Å². The van der Waals surface area contributed by atoms with Crippen molar-refractivity contribution in [1.82, 2.24) is 15.5 Å². The summed E-state index contributed by atoms with van der Waals surface area (Å²) in [6, 6.07) is 3.80. The van der Waals surface area contributed by atoms with E-state index in [1.165, 1.54) is 25.9 Å². The third kappa shape index (κ3) is 8.40. The van der Waals surface area contributed by atoms with Gasteiger partial charge in [0.15, 0.2) is 5.96 Å². The molecule has 1 fully saturated rings. The molecule has 1 saturated heterocycles. The maximum Gasteiger partial charge on any atom is 0.191 e. The molecule has 1 atom stereocenters. The van der Waals surface area contributed by atoms with Gasteiger partial charge in [-0.15, -0.1) is 0 Å².